The van der Waals surface area contributed by atoms with Crippen LogP contribution in [0.3, 0.4) is 0 Å². The molecule has 3 heteroatoms. The Balaban J connectivity index is 2.74. The number of hydrazone groups is 1. The number of hydrogen-bond donors (Lipinski definition) is 1. The summed E-state index contributed by atoms with van der Waals surface area (Å²) >= 11 is 0. The zero-order valence-electron chi connectivity index (χ0n) is 6.85. The molecule has 1 rings (SSSR count). The molecule has 0 saturated carbocycles. The van der Waals surface area contributed by atoms with Crippen LogP contribution in [0.5, 0.6) is 0 Å². The second-order valence-corrected chi connectivity index (χ2v) is 2.86. The third kappa shape index (κ3) is 1.67. The van der Waals surface area contributed by atoms with Crippen LogP contribution in [0.2, 0.25) is 0 Å². The Morgan fingerprint density at radius 3 is 2.91 bits per heavy atom. The van der Waals surface area contributed by atoms with Crippen molar-refractivity contribution in [3.05, 3.63) is 12.3 Å². The normalized spacial score (nSPS) is 24.0. The van der Waals surface area contributed by atoms with E-state index in [1.54, 1.807) is 0 Å². The molecule has 0 aromatic heterocycles. The Labute approximate surface area is 66.2 Å². The smallest absolute Gasteiger partial charge is 0.175 e. The second kappa shape index (κ2) is 2.86. The van der Waals surface area contributed by atoms with Crippen LogP contribution in [0.15, 0.2) is 17.4 Å². The Morgan fingerprint density at radius 2 is 2.45 bits per heavy atom. The SMILES string of the molecule is C=C1NN=C(C(C)=O)CC1C. The number of hydrogen-bond acceptors (Lipinski definition) is 3. The minimum atomic E-state index is 0.0388. The third-order valence-corrected chi connectivity index (χ3v) is 1.84. The number of carbonyl (C=O) groups excluding carboxylic acids is 1. The fraction of sp³-hybridized carbons (Fsp3) is 0.500. The van der Waals surface area contributed by atoms with Crippen LogP contribution in [-0.2, 0) is 4.79 Å². The van der Waals surface area contributed by atoms with E-state index >= 15 is 0 Å². The molecular weight excluding hydrogens is 140 g/mol. The van der Waals surface area contributed by atoms with Crippen molar-refractivity contribution in [2.24, 2.45) is 11.0 Å². The average molecular weight is 152 g/mol. The summed E-state index contributed by atoms with van der Waals surface area (Å²) in [5.41, 5.74) is 4.24. The number of Topliss-reactive ketones (excluding diaryl/α,β-unsaturated/α-hetero) is 1. The Morgan fingerprint density at radius 1 is 1.82 bits per heavy atom. The number of nitrogens with zero attached hydrogens (tertiary/aromatic N) is 1. The van der Waals surface area contributed by atoms with Gasteiger partial charge in [0.05, 0.1) is 0 Å². The number of carbonyl (C=O) groups is 1. The summed E-state index contributed by atoms with van der Waals surface area (Å²) in [5, 5.41) is 3.88. The number of rotatable bonds is 1. The monoisotopic (exact) mass is 152 g/mol. The molecule has 0 saturated heterocycles. The fourth-order valence-corrected chi connectivity index (χ4v) is 0.931. The van der Waals surface area contributed by atoms with Crippen LogP contribution in [0.25, 0.3) is 0 Å². The van der Waals surface area contributed by atoms with Gasteiger partial charge in [-0.05, 0) is 0 Å². The highest BCUT2D eigenvalue weighted by Gasteiger charge is 2.18. The summed E-state index contributed by atoms with van der Waals surface area (Å²) in [5.74, 6) is 0.350. The van der Waals surface area contributed by atoms with Gasteiger partial charge in [-0.1, -0.05) is 13.5 Å². The lowest BCUT2D eigenvalue weighted by molar-refractivity contribution is -0.111. The van der Waals surface area contributed by atoms with Crippen molar-refractivity contribution in [2.45, 2.75) is 20.3 Å². The minimum absolute atomic E-state index is 0.0388. The van der Waals surface area contributed by atoms with Gasteiger partial charge in [-0.25, -0.2) is 0 Å². The van der Waals surface area contributed by atoms with Crippen molar-refractivity contribution in [1.29, 1.82) is 0 Å². The van der Waals surface area contributed by atoms with E-state index in [1.165, 1.54) is 6.92 Å². The van der Waals surface area contributed by atoms with Crippen molar-refractivity contribution < 1.29 is 4.79 Å². The van der Waals surface area contributed by atoms with E-state index in [2.05, 4.69) is 17.1 Å². The van der Waals surface area contributed by atoms with Crippen molar-refractivity contribution in [3.8, 4) is 0 Å². The van der Waals surface area contributed by atoms with E-state index in [0.717, 1.165) is 5.70 Å². The standard InChI is InChI=1S/C8H12N2O/c1-5-4-8(7(3)11)10-9-6(5)2/h5,9H,2,4H2,1,3H3. The molecule has 0 amide bonds. The predicted molar refractivity (Wildman–Crippen MR) is 44.2 cm³/mol. The highest BCUT2D eigenvalue weighted by molar-refractivity contribution is 6.39. The molecule has 1 heterocycles. The Kier molecular flexibility index (Phi) is 2.08. The van der Waals surface area contributed by atoms with Gasteiger partial charge in [-0.15, -0.1) is 0 Å². The highest BCUT2D eigenvalue weighted by Crippen LogP contribution is 2.15. The molecule has 0 aromatic carbocycles. The highest BCUT2D eigenvalue weighted by atomic mass is 16.1. The molecule has 1 aliphatic rings. The molecule has 1 unspecified atom stereocenters. The number of allylic oxidation sites excluding steroid dienone is 1. The quantitative estimate of drug-likeness (QED) is 0.610. The minimum Gasteiger partial charge on any atom is -0.293 e. The third-order valence-electron chi connectivity index (χ3n) is 1.84. The molecule has 3 nitrogen and oxygen atoms in total. The molecule has 1 aliphatic heterocycles. The summed E-state index contributed by atoms with van der Waals surface area (Å²) in [6.45, 7) is 7.31. The first-order valence-electron chi connectivity index (χ1n) is 3.63. The maximum atomic E-state index is 10.9. The first kappa shape index (κ1) is 7.98. The predicted octanol–water partition coefficient (Wildman–Crippen LogP) is 1.07. The van der Waals surface area contributed by atoms with Gasteiger partial charge in [0.25, 0.3) is 0 Å². The van der Waals surface area contributed by atoms with Gasteiger partial charge >= 0.3 is 0 Å². The van der Waals surface area contributed by atoms with Crippen molar-refractivity contribution in [2.75, 3.05) is 0 Å². The van der Waals surface area contributed by atoms with Gasteiger partial charge in [-0.3, -0.25) is 10.2 Å². The molecule has 0 spiro atoms. The molecule has 0 fully saturated rings. The van der Waals surface area contributed by atoms with Gasteiger partial charge in [0.15, 0.2) is 5.78 Å². The largest absolute Gasteiger partial charge is 0.293 e. The van der Waals surface area contributed by atoms with E-state index in [-0.39, 0.29) is 5.78 Å². The van der Waals surface area contributed by atoms with Crippen LogP contribution in [0.1, 0.15) is 20.3 Å². The van der Waals surface area contributed by atoms with Gasteiger partial charge in [-0.2, -0.15) is 5.10 Å². The molecule has 60 valence electrons. The molecule has 0 aliphatic carbocycles. The average Bonchev–Trinajstić information content (AvgIpc) is 1.94. The second-order valence-electron chi connectivity index (χ2n) is 2.86. The maximum Gasteiger partial charge on any atom is 0.175 e. The zero-order chi connectivity index (χ0) is 8.43. The zero-order valence-corrected chi connectivity index (χ0v) is 6.85. The van der Waals surface area contributed by atoms with Crippen molar-refractivity contribution >= 4 is 11.5 Å². The molecular formula is C8H12N2O. The molecule has 0 radical (unpaired) electrons. The van der Waals surface area contributed by atoms with Gasteiger partial charge in [0.2, 0.25) is 0 Å². The number of ketones is 1. The van der Waals surface area contributed by atoms with Gasteiger partial charge < -0.3 is 0 Å². The van der Waals surface area contributed by atoms with E-state index in [0.29, 0.717) is 18.1 Å². The lowest BCUT2D eigenvalue weighted by Crippen LogP contribution is -2.27. The van der Waals surface area contributed by atoms with Crippen LogP contribution < -0.4 is 5.43 Å². The van der Waals surface area contributed by atoms with E-state index in [4.69, 9.17) is 0 Å². The summed E-state index contributed by atoms with van der Waals surface area (Å²) in [4.78, 5) is 10.9. The molecule has 1 N–H and O–H groups in total. The van der Waals surface area contributed by atoms with Crippen LogP contribution in [0, 0.1) is 5.92 Å². The maximum absolute atomic E-state index is 10.9. The lowest BCUT2D eigenvalue weighted by Gasteiger charge is -2.19. The first-order valence-corrected chi connectivity index (χ1v) is 3.63. The van der Waals surface area contributed by atoms with Crippen LogP contribution in [-0.4, -0.2) is 11.5 Å². The summed E-state index contributed by atoms with van der Waals surface area (Å²) in [6, 6.07) is 0. The summed E-state index contributed by atoms with van der Waals surface area (Å²) in [7, 11) is 0. The summed E-state index contributed by atoms with van der Waals surface area (Å²) in [6.07, 6.45) is 0.709. The number of nitrogens with one attached hydrogen (secondary N) is 1. The van der Waals surface area contributed by atoms with E-state index in [9.17, 15) is 4.79 Å². The fourth-order valence-electron chi connectivity index (χ4n) is 0.931. The van der Waals surface area contributed by atoms with Crippen molar-refractivity contribution in [1.82, 2.24) is 5.43 Å². The molecule has 11 heavy (non-hydrogen) atoms. The lowest BCUT2D eigenvalue weighted by atomic mass is 9.98. The van der Waals surface area contributed by atoms with Gasteiger partial charge in [0.1, 0.15) is 5.71 Å². The van der Waals surface area contributed by atoms with Crippen LogP contribution in [0.4, 0.5) is 0 Å². The molecule has 1 atom stereocenters. The molecule has 0 aromatic rings. The summed E-state index contributed by atoms with van der Waals surface area (Å²) < 4.78 is 0. The molecule has 0 bridgehead atoms. The topological polar surface area (TPSA) is 41.5 Å². The van der Waals surface area contributed by atoms with Gasteiger partial charge in [0, 0.05) is 25.0 Å². The van der Waals surface area contributed by atoms with Crippen molar-refractivity contribution in [3.63, 3.8) is 0 Å². The Hall–Kier alpha value is -1.12. The first-order chi connectivity index (χ1) is 5.11. The van der Waals surface area contributed by atoms with E-state index < -0.39 is 0 Å². The van der Waals surface area contributed by atoms with Crippen LogP contribution >= 0.6 is 0 Å². The van der Waals surface area contributed by atoms with E-state index in [1.807, 2.05) is 6.92 Å². The Bertz CT molecular complexity index is 230.